The van der Waals surface area contributed by atoms with E-state index in [1.807, 2.05) is 87.5 Å². The molecule has 142 heavy (non-hydrogen) atoms. The summed E-state index contributed by atoms with van der Waals surface area (Å²) in [6, 6.07) is 44.3. The van der Waals surface area contributed by atoms with E-state index in [1.165, 1.54) is 106 Å². The maximum absolute atomic E-state index is 12.6. The summed E-state index contributed by atoms with van der Waals surface area (Å²) in [4.78, 5) is 100.0. The molecule has 0 atom stereocenters. The molecule has 0 aromatic heterocycles. The average Bonchev–Trinajstić information content (AvgIpc) is 1.72. The smallest absolute Gasteiger partial charge is 0.444 e. The van der Waals surface area contributed by atoms with E-state index in [-0.39, 0.29) is 90.5 Å². The highest BCUT2D eigenvalue weighted by Crippen LogP contribution is 2.34. The van der Waals surface area contributed by atoms with Crippen LogP contribution in [-0.4, -0.2) is 234 Å². The number of nitrogens with one attached hydrogen (secondary N) is 3. The molecule has 0 unspecified atom stereocenters. The molecular weight excluding hydrogens is 1900 g/mol. The zero-order valence-electron chi connectivity index (χ0n) is 80.8. The molecule has 2 fully saturated rings. The zero-order chi connectivity index (χ0) is 103. The SMILES string of the molecule is CC(C)(C)OC(=O)NCc1ccc2c(c1)CCN(C(=O)C(F)(F)F)CC2.CC(C)(C)OC(=O)NCc1ccc2c(c1)CCN(C1CCC1)CC2.Cl.N=Cc1ccc2c(c1)CCN(C(=O)C(F)(F)F)CC2.NCc1ccc2c(c1)CCN(C(=O)C(F)(F)F)CC2.NCc1ccc2c(c1)CCN(C1CCC1)CC2.O=C(N1CCc2ccccc2CC1)C(F)(F)F.O=Cc1ccc2c(c1)CCN(C(=O)C(F)(F)F)CC2. The van der Waals surface area contributed by atoms with Crippen molar-refractivity contribution >= 4 is 66.6 Å². The summed E-state index contributed by atoms with van der Waals surface area (Å²) in [5, 5.41) is 12.7. The summed E-state index contributed by atoms with van der Waals surface area (Å²) in [6.07, 6.45) is -5.85. The molecule has 16 rings (SSSR count). The number of aldehydes is 1. The molecule has 7 aliphatic heterocycles. The van der Waals surface area contributed by atoms with Crippen LogP contribution in [0.2, 0.25) is 0 Å². The number of carbonyl (C=O) groups excluding carboxylic acids is 8. The Morgan fingerprint density at radius 1 is 0.324 bits per heavy atom. The fourth-order valence-corrected chi connectivity index (χ4v) is 18.1. The van der Waals surface area contributed by atoms with Gasteiger partial charge in [-0.25, -0.2) is 9.59 Å². The maximum atomic E-state index is 12.6. The molecule has 2 saturated carbocycles. The molecule has 0 radical (unpaired) electrons. The first-order chi connectivity index (χ1) is 66.4. The van der Waals surface area contributed by atoms with Gasteiger partial charge in [0.25, 0.3) is 0 Å². The van der Waals surface area contributed by atoms with Crippen LogP contribution in [0.3, 0.4) is 0 Å². The standard InChI is InChI=1S/C20H30N2O2.C18H23F3N2O3.C15H22N2.C13H15F3N2O.C13H13F3N2O.C13H12F3NO2.C12H12F3NO.ClH/c1-20(2,3)24-19(23)21-14-15-7-8-16-9-11-22(18-5-4-6-18)12-10-17(16)13-15;1-17(2,3)26-16(25)22-11-12-4-5-13-6-8-23(9-7-14(13)10-12)15(24)18(19,20)21;16-11-12-4-5-13-6-8-17(15-2-1-3-15)9-7-14(13)10-12;2*14-13(15,16)12(19)18-5-3-10-2-1-9(8-17)7-11(10)4-6-18;14-13(15,16)12(19)17-5-3-10-2-1-9(8-18)7-11(10)4-6-17;13-12(14,15)11(17)16-7-5-9-3-1-2-4-10(9)6-8-16;/h7-8,13,18H,4-6,9-12,14H2,1-3H3,(H,21,23);4-5,10H,6-9,11H2,1-3H3,(H,22,25);4-5,10,15H,1-3,6-9,11,16H2;1-2,7H,3-6,8,17H2;1-2,7-8,17H,3-6H2;1-2,7-8H,3-6H2;1-4H,5-8H2;1H. The predicted molar refractivity (Wildman–Crippen MR) is 511 cm³/mol. The van der Waals surface area contributed by atoms with Crippen molar-refractivity contribution in [2.45, 2.75) is 250 Å². The number of benzene rings is 7. The molecule has 0 spiro atoms. The average molecular weight is 2030 g/mol. The Morgan fingerprint density at radius 2 is 0.542 bits per heavy atom. The van der Waals surface area contributed by atoms with Gasteiger partial charge in [-0.05, 0) is 275 Å². The summed E-state index contributed by atoms with van der Waals surface area (Å²) in [7, 11) is 0. The molecule has 0 saturated heterocycles. The van der Waals surface area contributed by atoms with Crippen molar-refractivity contribution in [3.05, 3.63) is 245 Å². The van der Waals surface area contributed by atoms with Gasteiger partial charge in [0.1, 0.15) is 17.5 Å². The van der Waals surface area contributed by atoms with E-state index in [4.69, 9.17) is 26.4 Å². The van der Waals surface area contributed by atoms with Crippen LogP contribution in [0.5, 0.6) is 0 Å². The highest BCUT2D eigenvalue weighted by molar-refractivity contribution is 5.86. The third-order valence-corrected chi connectivity index (χ3v) is 26.1. The second-order valence-electron chi connectivity index (χ2n) is 38.3. The van der Waals surface area contributed by atoms with E-state index >= 15 is 0 Å². The second-order valence-corrected chi connectivity index (χ2v) is 38.3. The predicted octanol–water partition coefficient (Wildman–Crippen LogP) is 17.4. The lowest BCUT2D eigenvalue weighted by Crippen LogP contribution is -2.42. The summed E-state index contributed by atoms with van der Waals surface area (Å²) in [5.74, 6) is -8.84. The van der Waals surface area contributed by atoms with Crippen LogP contribution in [0.25, 0.3) is 0 Å². The molecular formula is C104H128ClF15N12O10. The maximum Gasteiger partial charge on any atom is 0.471 e. The van der Waals surface area contributed by atoms with Crippen molar-refractivity contribution in [3.8, 4) is 0 Å². The van der Waals surface area contributed by atoms with Crippen LogP contribution in [0.4, 0.5) is 75.4 Å². The van der Waals surface area contributed by atoms with E-state index in [0.29, 0.717) is 101 Å². The van der Waals surface area contributed by atoms with E-state index in [2.05, 4.69) is 56.8 Å². The van der Waals surface area contributed by atoms with Gasteiger partial charge in [-0.2, -0.15) is 65.9 Å². The number of alkyl carbamates (subject to hydrolysis) is 2. The largest absolute Gasteiger partial charge is 0.471 e. The third-order valence-electron chi connectivity index (χ3n) is 26.1. The molecule has 38 heteroatoms. The third kappa shape index (κ3) is 34.8. The summed E-state index contributed by atoms with van der Waals surface area (Å²) in [5.41, 5.74) is 31.1. The number of halogens is 16. The van der Waals surface area contributed by atoms with Crippen LogP contribution >= 0.6 is 12.4 Å². The first-order valence-electron chi connectivity index (χ1n) is 47.8. The number of hydrogen-bond donors (Lipinski definition) is 5. The van der Waals surface area contributed by atoms with Crippen molar-refractivity contribution in [1.29, 1.82) is 5.41 Å². The van der Waals surface area contributed by atoms with Crippen molar-refractivity contribution in [2.24, 2.45) is 11.5 Å². The van der Waals surface area contributed by atoms with Gasteiger partial charge in [-0.1, -0.05) is 134 Å². The van der Waals surface area contributed by atoms with E-state index < -0.39 is 77.7 Å². The molecule has 2 aliphatic carbocycles. The minimum atomic E-state index is -4.85. The lowest BCUT2D eigenvalue weighted by atomic mass is 9.91. The monoisotopic (exact) mass is 2020 g/mol. The van der Waals surface area contributed by atoms with Crippen molar-refractivity contribution in [3.63, 3.8) is 0 Å². The lowest BCUT2D eigenvalue weighted by molar-refractivity contribution is -0.185. The number of ether oxygens (including phenoxy) is 2. The quantitative estimate of drug-likeness (QED) is 0.0484. The van der Waals surface area contributed by atoms with Gasteiger partial charge in [-0.3, -0.25) is 38.6 Å². The molecule has 7 amide bonds. The molecule has 0 bridgehead atoms. The molecule has 7 heterocycles. The Balaban J connectivity index is 0.000000186. The number of nitrogens with zero attached hydrogens (tertiary/aromatic N) is 7. The van der Waals surface area contributed by atoms with Gasteiger partial charge in [0.2, 0.25) is 0 Å². The lowest BCUT2D eigenvalue weighted by Gasteiger charge is -2.36. The first kappa shape index (κ1) is 114. The van der Waals surface area contributed by atoms with Gasteiger partial charge in [0.05, 0.1) is 0 Å². The highest BCUT2D eigenvalue weighted by Gasteiger charge is 2.47. The Kier molecular flexibility index (Phi) is 41.4. The number of rotatable bonds is 10. The highest BCUT2D eigenvalue weighted by atomic mass is 35.5. The number of hydrogen-bond acceptors (Lipinski definition) is 15. The number of nitrogens with two attached hydrogens (primary N) is 2. The van der Waals surface area contributed by atoms with Crippen molar-refractivity contribution in [1.82, 2.24) is 44.9 Å². The Morgan fingerprint density at radius 3 is 0.782 bits per heavy atom. The summed E-state index contributed by atoms with van der Waals surface area (Å²) < 4.78 is 197. The second kappa shape index (κ2) is 51.4. The molecule has 7 N–H and O–H groups in total. The summed E-state index contributed by atoms with van der Waals surface area (Å²) >= 11 is 0. The number of carbonyl (C=O) groups is 8. The zero-order valence-corrected chi connectivity index (χ0v) is 81.6. The van der Waals surface area contributed by atoms with Gasteiger partial charge in [0, 0.05) is 142 Å². The van der Waals surface area contributed by atoms with Gasteiger partial charge >= 0.3 is 72.6 Å². The Bertz CT molecular complexity index is 5340. The van der Waals surface area contributed by atoms with Crippen LogP contribution in [0.15, 0.2) is 133 Å². The number of alkyl halides is 15. The van der Waals surface area contributed by atoms with E-state index in [1.54, 1.807) is 56.7 Å². The van der Waals surface area contributed by atoms with Crippen LogP contribution in [0, 0.1) is 5.41 Å². The fraction of sp³-hybridized carbons (Fsp3) is 0.510. The molecule has 9 aliphatic rings. The number of amides is 7. The normalized spacial score (nSPS) is 16.9. The first-order valence-corrected chi connectivity index (χ1v) is 47.8. The molecule has 7 aromatic rings. The Hall–Kier alpha value is -11.2. The van der Waals surface area contributed by atoms with E-state index in [9.17, 15) is 104 Å². The summed E-state index contributed by atoms with van der Waals surface area (Å²) in [6.45, 7) is 18.4. The van der Waals surface area contributed by atoms with Crippen LogP contribution < -0.4 is 22.1 Å². The topological polar surface area (TPSA) is 278 Å². The molecule has 7 aromatic carbocycles. The van der Waals surface area contributed by atoms with Gasteiger partial charge in [-0.15, -0.1) is 12.4 Å². The molecule has 776 valence electrons. The van der Waals surface area contributed by atoms with Gasteiger partial charge in [0.15, 0.2) is 0 Å². The van der Waals surface area contributed by atoms with Gasteiger partial charge < -0.3 is 61.5 Å². The van der Waals surface area contributed by atoms with Crippen molar-refractivity contribution in [2.75, 3.05) is 91.6 Å². The Labute approximate surface area is 824 Å². The minimum absolute atomic E-state index is 0. The fourth-order valence-electron chi connectivity index (χ4n) is 18.1. The molecule has 22 nitrogen and oxygen atoms in total. The number of fused-ring (bicyclic) bond motifs is 7. The van der Waals surface area contributed by atoms with E-state index in [0.717, 1.165) is 122 Å². The van der Waals surface area contributed by atoms with Crippen LogP contribution in [-0.2, 0) is 150 Å². The van der Waals surface area contributed by atoms with Crippen molar-refractivity contribution < 1.29 is 114 Å². The minimum Gasteiger partial charge on any atom is -0.444 e. The van der Waals surface area contributed by atoms with Crippen LogP contribution in [0.1, 0.15) is 196 Å².